The number of anilines is 1. The number of amides is 1. The van der Waals surface area contributed by atoms with E-state index in [1.807, 2.05) is 12.1 Å². The van der Waals surface area contributed by atoms with E-state index in [9.17, 15) is 4.79 Å². The number of halogens is 2. The molecule has 0 radical (unpaired) electrons. The highest BCUT2D eigenvalue weighted by molar-refractivity contribution is 6.30. The average Bonchev–Trinajstić information content (AvgIpc) is 2.76. The number of hydrogen-bond donors (Lipinski definition) is 2. The summed E-state index contributed by atoms with van der Waals surface area (Å²) in [6.45, 7) is 2.99. The highest BCUT2D eigenvalue weighted by Gasteiger charge is 2.22. The molecule has 0 aromatic heterocycles. The third kappa shape index (κ3) is 4.99. The Kier molecular flexibility index (Phi) is 6.58. The Hall–Kier alpha value is -0.810. The van der Waals surface area contributed by atoms with Gasteiger partial charge in [-0.3, -0.25) is 9.69 Å². The van der Waals surface area contributed by atoms with E-state index in [1.165, 1.54) is 0 Å². The third-order valence-electron chi connectivity index (χ3n) is 3.18. The lowest BCUT2D eigenvalue weighted by atomic mass is 10.1. The van der Waals surface area contributed by atoms with Gasteiger partial charge in [0, 0.05) is 17.3 Å². The fourth-order valence-electron chi connectivity index (χ4n) is 2.22. The zero-order valence-corrected chi connectivity index (χ0v) is 12.2. The van der Waals surface area contributed by atoms with E-state index in [-0.39, 0.29) is 18.3 Å². The fraction of sp³-hybridized carbons (Fsp3) is 0.462. The Morgan fingerprint density at radius 3 is 2.95 bits per heavy atom. The molecule has 0 bridgehead atoms. The van der Waals surface area contributed by atoms with Gasteiger partial charge in [0.05, 0.1) is 6.54 Å². The standard InChI is InChI=1S/C13H18ClN3O.ClH/c14-11-2-1-3-12(6-11)16-13(18)9-17-5-4-10(7-15)8-17;/h1-3,6,10H,4-5,7-9,15H2,(H,16,18);1H. The van der Waals surface area contributed by atoms with Crippen LogP contribution in [0.25, 0.3) is 0 Å². The number of nitrogens with two attached hydrogens (primary N) is 1. The molecule has 6 heteroatoms. The van der Waals surface area contributed by atoms with Gasteiger partial charge in [-0.25, -0.2) is 0 Å². The molecule has 1 heterocycles. The third-order valence-corrected chi connectivity index (χ3v) is 3.41. The van der Waals surface area contributed by atoms with Crippen molar-refractivity contribution in [1.29, 1.82) is 0 Å². The first-order valence-electron chi connectivity index (χ1n) is 6.15. The lowest BCUT2D eigenvalue weighted by Crippen LogP contribution is -2.32. The van der Waals surface area contributed by atoms with Crippen LogP contribution >= 0.6 is 24.0 Å². The maximum absolute atomic E-state index is 11.8. The minimum atomic E-state index is -0.00469. The highest BCUT2D eigenvalue weighted by Crippen LogP contribution is 2.16. The van der Waals surface area contributed by atoms with Crippen molar-refractivity contribution in [2.45, 2.75) is 6.42 Å². The smallest absolute Gasteiger partial charge is 0.238 e. The first kappa shape index (κ1) is 16.2. The Morgan fingerprint density at radius 1 is 1.53 bits per heavy atom. The normalized spacial score (nSPS) is 18.9. The van der Waals surface area contributed by atoms with Crippen molar-refractivity contribution in [3.8, 4) is 0 Å². The SMILES string of the molecule is Cl.NCC1CCN(CC(=O)Nc2cccc(Cl)c2)C1. The quantitative estimate of drug-likeness (QED) is 0.894. The summed E-state index contributed by atoms with van der Waals surface area (Å²) in [7, 11) is 0. The Bertz CT molecular complexity index is 428. The van der Waals surface area contributed by atoms with Gasteiger partial charge in [0.2, 0.25) is 5.91 Å². The minimum absolute atomic E-state index is 0. The molecule has 0 saturated carbocycles. The second kappa shape index (κ2) is 7.70. The zero-order valence-electron chi connectivity index (χ0n) is 10.6. The molecule has 1 fully saturated rings. The molecule has 1 aliphatic rings. The number of carbonyl (C=O) groups excluding carboxylic acids is 1. The number of carbonyl (C=O) groups is 1. The lowest BCUT2D eigenvalue weighted by molar-refractivity contribution is -0.117. The maximum Gasteiger partial charge on any atom is 0.238 e. The van der Waals surface area contributed by atoms with E-state index in [2.05, 4.69) is 10.2 Å². The summed E-state index contributed by atoms with van der Waals surface area (Å²) >= 11 is 5.86. The van der Waals surface area contributed by atoms with Crippen LogP contribution in [0.2, 0.25) is 5.02 Å². The topological polar surface area (TPSA) is 58.4 Å². The van der Waals surface area contributed by atoms with Crippen LogP contribution < -0.4 is 11.1 Å². The fourth-order valence-corrected chi connectivity index (χ4v) is 2.41. The average molecular weight is 304 g/mol. The Morgan fingerprint density at radius 2 is 2.32 bits per heavy atom. The van der Waals surface area contributed by atoms with Crippen LogP contribution in [-0.2, 0) is 4.79 Å². The number of benzene rings is 1. The van der Waals surface area contributed by atoms with Crippen LogP contribution in [0.15, 0.2) is 24.3 Å². The van der Waals surface area contributed by atoms with Gasteiger partial charge >= 0.3 is 0 Å². The molecule has 2 rings (SSSR count). The van der Waals surface area contributed by atoms with Gasteiger partial charge in [0.1, 0.15) is 0 Å². The minimum Gasteiger partial charge on any atom is -0.330 e. The predicted octanol–water partition coefficient (Wildman–Crippen LogP) is 1.98. The van der Waals surface area contributed by atoms with Gasteiger partial charge in [-0.15, -0.1) is 12.4 Å². The van der Waals surface area contributed by atoms with E-state index in [1.54, 1.807) is 12.1 Å². The number of nitrogens with zero attached hydrogens (tertiary/aromatic N) is 1. The highest BCUT2D eigenvalue weighted by atomic mass is 35.5. The summed E-state index contributed by atoms with van der Waals surface area (Å²) in [5.41, 5.74) is 6.36. The maximum atomic E-state index is 11.8. The summed E-state index contributed by atoms with van der Waals surface area (Å²) < 4.78 is 0. The van der Waals surface area contributed by atoms with Crippen LogP contribution in [0.1, 0.15) is 6.42 Å². The van der Waals surface area contributed by atoms with Gasteiger partial charge in [-0.1, -0.05) is 17.7 Å². The van der Waals surface area contributed by atoms with E-state index in [4.69, 9.17) is 17.3 Å². The summed E-state index contributed by atoms with van der Waals surface area (Å²) in [4.78, 5) is 14.0. The van der Waals surface area contributed by atoms with Crippen molar-refractivity contribution < 1.29 is 4.79 Å². The van der Waals surface area contributed by atoms with Crippen molar-refractivity contribution in [3.05, 3.63) is 29.3 Å². The molecule has 19 heavy (non-hydrogen) atoms. The number of rotatable bonds is 4. The number of likely N-dealkylation sites (tertiary alicyclic amines) is 1. The molecule has 1 aliphatic heterocycles. The van der Waals surface area contributed by atoms with Crippen molar-refractivity contribution in [1.82, 2.24) is 4.90 Å². The van der Waals surface area contributed by atoms with Crippen LogP contribution in [0.5, 0.6) is 0 Å². The van der Waals surface area contributed by atoms with Crippen molar-refractivity contribution >= 4 is 35.6 Å². The summed E-state index contributed by atoms with van der Waals surface area (Å²) in [5.74, 6) is 0.527. The molecule has 1 saturated heterocycles. The van der Waals surface area contributed by atoms with Crippen LogP contribution in [0.4, 0.5) is 5.69 Å². The molecule has 1 amide bonds. The van der Waals surface area contributed by atoms with Crippen LogP contribution in [0.3, 0.4) is 0 Å². The van der Waals surface area contributed by atoms with Gasteiger partial charge in [-0.2, -0.15) is 0 Å². The van der Waals surface area contributed by atoms with E-state index >= 15 is 0 Å². The lowest BCUT2D eigenvalue weighted by Gasteiger charge is -2.15. The predicted molar refractivity (Wildman–Crippen MR) is 80.9 cm³/mol. The molecule has 0 aliphatic carbocycles. The molecule has 1 atom stereocenters. The van der Waals surface area contributed by atoms with Crippen molar-refractivity contribution in [2.24, 2.45) is 11.7 Å². The van der Waals surface area contributed by atoms with Gasteiger partial charge in [0.15, 0.2) is 0 Å². The molecule has 1 aromatic carbocycles. The Balaban J connectivity index is 0.00000180. The summed E-state index contributed by atoms with van der Waals surface area (Å²) in [5, 5.41) is 3.47. The second-order valence-electron chi connectivity index (χ2n) is 4.68. The molecular weight excluding hydrogens is 285 g/mol. The number of hydrogen-bond acceptors (Lipinski definition) is 3. The van der Waals surface area contributed by atoms with E-state index in [0.29, 0.717) is 24.0 Å². The molecular formula is C13H19Cl2N3O. The first-order chi connectivity index (χ1) is 8.67. The number of nitrogens with one attached hydrogen (secondary N) is 1. The van der Waals surface area contributed by atoms with Gasteiger partial charge in [-0.05, 0) is 43.6 Å². The molecule has 4 nitrogen and oxygen atoms in total. The van der Waals surface area contributed by atoms with E-state index < -0.39 is 0 Å². The summed E-state index contributed by atoms with van der Waals surface area (Å²) in [6.07, 6.45) is 1.08. The second-order valence-corrected chi connectivity index (χ2v) is 5.12. The Labute approximate surface area is 124 Å². The molecule has 1 unspecified atom stereocenters. The summed E-state index contributed by atoms with van der Waals surface area (Å²) in [6, 6.07) is 7.17. The van der Waals surface area contributed by atoms with Gasteiger partial charge < -0.3 is 11.1 Å². The molecule has 0 spiro atoms. The van der Waals surface area contributed by atoms with Gasteiger partial charge in [0.25, 0.3) is 0 Å². The molecule has 3 N–H and O–H groups in total. The van der Waals surface area contributed by atoms with E-state index in [0.717, 1.165) is 25.2 Å². The monoisotopic (exact) mass is 303 g/mol. The first-order valence-corrected chi connectivity index (χ1v) is 6.53. The van der Waals surface area contributed by atoms with Crippen molar-refractivity contribution in [3.63, 3.8) is 0 Å². The molecule has 106 valence electrons. The largest absolute Gasteiger partial charge is 0.330 e. The van der Waals surface area contributed by atoms with Crippen LogP contribution in [0, 0.1) is 5.92 Å². The van der Waals surface area contributed by atoms with Crippen LogP contribution in [-0.4, -0.2) is 37.0 Å². The molecule has 1 aromatic rings. The van der Waals surface area contributed by atoms with Crippen molar-refractivity contribution in [2.75, 3.05) is 31.5 Å². The zero-order chi connectivity index (χ0) is 13.0.